The fraction of sp³-hybridized carbons (Fsp3) is 0.923. The summed E-state index contributed by atoms with van der Waals surface area (Å²) in [6.45, 7) is 16.9. The number of hydrogen-bond acceptors (Lipinski definition) is 4. The Kier molecular flexibility index (Phi) is 31.9. The van der Waals surface area contributed by atoms with E-state index in [1.807, 2.05) is 0 Å². The van der Waals surface area contributed by atoms with Crippen molar-refractivity contribution >= 4 is 5.97 Å². The number of unbranched alkanes of at least 4 members (excludes halogenated alkanes) is 16. The van der Waals surface area contributed by atoms with E-state index in [2.05, 4.69) is 34.3 Å². The third kappa shape index (κ3) is 28.4. The Bertz CT molecular complexity index is 566. The summed E-state index contributed by atoms with van der Waals surface area (Å²) < 4.78 is 18.3. The topological polar surface area (TPSA) is 44.8 Å². The van der Waals surface area contributed by atoms with Crippen LogP contribution >= 0.6 is 0 Å². The van der Waals surface area contributed by atoms with Gasteiger partial charge in [0, 0.05) is 18.8 Å². The lowest BCUT2D eigenvalue weighted by Gasteiger charge is -2.23. The lowest BCUT2D eigenvalue weighted by atomic mass is 9.95. The molecule has 43 heavy (non-hydrogen) atoms. The van der Waals surface area contributed by atoms with E-state index >= 15 is 0 Å². The lowest BCUT2D eigenvalue weighted by molar-refractivity contribution is -0.152. The zero-order valence-corrected chi connectivity index (χ0v) is 29.9. The van der Waals surface area contributed by atoms with Crippen molar-refractivity contribution in [2.24, 2.45) is 11.8 Å². The van der Waals surface area contributed by atoms with Gasteiger partial charge in [0.15, 0.2) is 0 Å². The molecule has 2 unspecified atom stereocenters. The molecule has 0 aromatic rings. The van der Waals surface area contributed by atoms with Gasteiger partial charge in [-0.15, -0.1) is 0 Å². The molecule has 0 saturated carbocycles. The maximum absolute atomic E-state index is 12.4. The fourth-order valence-electron chi connectivity index (χ4n) is 5.87. The van der Waals surface area contributed by atoms with Gasteiger partial charge in [-0.05, 0) is 44.4 Å². The van der Waals surface area contributed by atoms with Gasteiger partial charge >= 0.3 is 5.97 Å². The van der Waals surface area contributed by atoms with Gasteiger partial charge in [-0.1, -0.05) is 163 Å². The molecular formula is C39H76O4. The van der Waals surface area contributed by atoms with Crippen LogP contribution in [0.5, 0.6) is 0 Å². The molecule has 0 N–H and O–H groups in total. The molecule has 0 spiro atoms. The minimum Gasteiger partial charge on any atom is -0.454 e. The lowest BCUT2D eigenvalue weighted by Crippen LogP contribution is -2.30. The van der Waals surface area contributed by atoms with Crippen LogP contribution in [-0.2, 0) is 19.0 Å². The van der Waals surface area contributed by atoms with Crippen molar-refractivity contribution in [2.45, 2.75) is 195 Å². The summed E-state index contributed by atoms with van der Waals surface area (Å²) in [5.41, 5.74) is 0.429. The average Bonchev–Trinajstić information content (AvgIpc) is 2.99. The van der Waals surface area contributed by atoms with E-state index in [0.717, 1.165) is 13.2 Å². The van der Waals surface area contributed by atoms with Crippen molar-refractivity contribution in [3.63, 3.8) is 0 Å². The first-order valence-electron chi connectivity index (χ1n) is 19.0. The number of ether oxygens (including phenoxy) is 3. The molecule has 0 aromatic heterocycles. The number of esters is 1. The molecule has 256 valence electrons. The number of carbonyl (C=O) groups is 1. The van der Waals surface area contributed by atoms with Gasteiger partial charge in [0.25, 0.3) is 0 Å². The standard InChI is InChI=1S/C39H76O4/c1-7-11-15-19-21-25-29-36(27-23-17-13-9-3)31-41-33-38(43-39(40)35(5)6)34-42-32-37(28-24-18-14-10-4)30-26-22-20-16-12-8-2/h36-38H,5,7-34H2,1-4,6H3. The predicted molar refractivity (Wildman–Crippen MR) is 187 cm³/mol. The minimum atomic E-state index is -0.381. The SMILES string of the molecule is C=C(C)C(=O)OC(COCC(CCCCCC)CCCCCCCC)COCC(CCCCCC)CCCCCCCC. The van der Waals surface area contributed by atoms with Crippen LogP contribution in [-0.4, -0.2) is 38.5 Å². The normalized spacial score (nSPS) is 13.6. The summed E-state index contributed by atoms with van der Waals surface area (Å²) in [5, 5.41) is 0. The Balaban J connectivity index is 4.87. The van der Waals surface area contributed by atoms with Crippen molar-refractivity contribution < 1.29 is 19.0 Å². The number of rotatable bonds is 34. The Morgan fingerprint density at radius 3 is 1.12 bits per heavy atom. The van der Waals surface area contributed by atoms with Gasteiger partial charge < -0.3 is 14.2 Å². The van der Waals surface area contributed by atoms with Crippen LogP contribution in [0.4, 0.5) is 0 Å². The first-order chi connectivity index (χ1) is 21.0. The van der Waals surface area contributed by atoms with Crippen LogP contribution in [0.2, 0.25) is 0 Å². The molecule has 0 bridgehead atoms. The van der Waals surface area contributed by atoms with E-state index in [1.54, 1.807) is 6.92 Å². The van der Waals surface area contributed by atoms with Crippen LogP contribution < -0.4 is 0 Å². The van der Waals surface area contributed by atoms with E-state index < -0.39 is 0 Å². The smallest absolute Gasteiger partial charge is 0.333 e. The maximum atomic E-state index is 12.4. The summed E-state index contributed by atoms with van der Waals surface area (Å²) in [6, 6.07) is 0. The van der Waals surface area contributed by atoms with Gasteiger partial charge in [0.05, 0.1) is 13.2 Å². The van der Waals surface area contributed by atoms with Crippen molar-refractivity contribution in [1.29, 1.82) is 0 Å². The summed E-state index contributed by atoms with van der Waals surface area (Å²) in [6.07, 6.45) is 30.9. The first-order valence-corrected chi connectivity index (χ1v) is 19.0. The van der Waals surface area contributed by atoms with Crippen LogP contribution in [0.25, 0.3) is 0 Å². The Morgan fingerprint density at radius 1 is 0.488 bits per heavy atom. The predicted octanol–water partition coefficient (Wildman–Crippen LogP) is 12.2. The Hall–Kier alpha value is -0.870. The number of hydrogen-bond donors (Lipinski definition) is 0. The molecule has 0 saturated heterocycles. The van der Waals surface area contributed by atoms with E-state index in [-0.39, 0.29) is 12.1 Å². The summed E-state index contributed by atoms with van der Waals surface area (Å²) in [4.78, 5) is 12.4. The van der Waals surface area contributed by atoms with Gasteiger partial charge in [0.2, 0.25) is 0 Å². The second kappa shape index (κ2) is 32.5. The Labute approximate surface area is 269 Å². The third-order valence-corrected chi connectivity index (χ3v) is 8.80. The maximum Gasteiger partial charge on any atom is 0.333 e. The second-order valence-electron chi connectivity index (χ2n) is 13.4. The zero-order chi connectivity index (χ0) is 31.8. The second-order valence-corrected chi connectivity index (χ2v) is 13.4. The average molecular weight is 609 g/mol. The van der Waals surface area contributed by atoms with Crippen molar-refractivity contribution in [3.05, 3.63) is 12.2 Å². The molecule has 4 nitrogen and oxygen atoms in total. The van der Waals surface area contributed by atoms with E-state index in [0.29, 0.717) is 30.6 Å². The Morgan fingerprint density at radius 2 is 0.791 bits per heavy atom. The molecule has 0 heterocycles. The zero-order valence-electron chi connectivity index (χ0n) is 29.9. The first kappa shape index (κ1) is 42.1. The molecular weight excluding hydrogens is 532 g/mol. The van der Waals surface area contributed by atoms with Gasteiger partial charge in [0.1, 0.15) is 6.10 Å². The highest BCUT2D eigenvalue weighted by Gasteiger charge is 2.19. The monoisotopic (exact) mass is 609 g/mol. The van der Waals surface area contributed by atoms with Gasteiger partial charge in [-0.2, -0.15) is 0 Å². The molecule has 2 atom stereocenters. The summed E-state index contributed by atoms with van der Waals surface area (Å²) in [5.74, 6) is 0.834. The fourth-order valence-corrected chi connectivity index (χ4v) is 5.87. The van der Waals surface area contributed by atoms with E-state index in [1.165, 1.54) is 154 Å². The summed E-state index contributed by atoms with van der Waals surface area (Å²) >= 11 is 0. The molecule has 0 aliphatic heterocycles. The van der Waals surface area contributed by atoms with Crippen molar-refractivity contribution in [2.75, 3.05) is 26.4 Å². The largest absolute Gasteiger partial charge is 0.454 e. The highest BCUT2D eigenvalue weighted by molar-refractivity contribution is 5.87. The van der Waals surface area contributed by atoms with E-state index in [9.17, 15) is 4.79 Å². The van der Waals surface area contributed by atoms with Crippen LogP contribution in [0.15, 0.2) is 12.2 Å². The molecule has 4 heteroatoms. The molecule has 0 rings (SSSR count). The van der Waals surface area contributed by atoms with Gasteiger partial charge in [-0.25, -0.2) is 4.79 Å². The molecule has 0 fully saturated rings. The molecule has 0 aromatic carbocycles. The number of carbonyl (C=O) groups excluding carboxylic acids is 1. The molecule has 0 amide bonds. The van der Waals surface area contributed by atoms with Crippen LogP contribution in [0.1, 0.15) is 189 Å². The molecule has 0 aliphatic carbocycles. The van der Waals surface area contributed by atoms with Gasteiger partial charge in [-0.3, -0.25) is 0 Å². The molecule has 0 aliphatic rings. The van der Waals surface area contributed by atoms with Crippen molar-refractivity contribution in [1.82, 2.24) is 0 Å². The highest BCUT2D eigenvalue weighted by atomic mass is 16.6. The molecule has 0 radical (unpaired) electrons. The van der Waals surface area contributed by atoms with Crippen LogP contribution in [0, 0.1) is 11.8 Å². The van der Waals surface area contributed by atoms with Crippen LogP contribution in [0.3, 0.4) is 0 Å². The minimum absolute atomic E-state index is 0.344. The van der Waals surface area contributed by atoms with Crippen molar-refractivity contribution in [3.8, 4) is 0 Å². The van der Waals surface area contributed by atoms with E-state index in [4.69, 9.17) is 14.2 Å². The third-order valence-electron chi connectivity index (χ3n) is 8.80. The summed E-state index contributed by atoms with van der Waals surface area (Å²) in [7, 11) is 0. The highest BCUT2D eigenvalue weighted by Crippen LogP contribution is 2.21. The quantitative estimate of drug-likeness (QED) is 0.0414.